The van der Waals surface area contributed by atoms with Crippen LogP contribution in [0.2, 0.25) is 0 Å². The van der Waals surface area contributed by atoms with Crippen LogP contribution >= 0.6 is 7.82 Å². The van der Waals surface area contributed by atoms with E-state index >= 15 is 0 Å². The minimum Gasteiger partial charge on any atom is -0.371 e. The lowest BCUT2D eigenvalue weighted by atomic mass is 10.1. The molecule has 3 rings (SSSR count). The average molecular weight is 484 g/mol. The van der Waals surface area contributed by atoms with Crippen molar-refractivity contribution in [2.45, 2.75) is 43.7 Å². The van der Waals surface area contributed by atoms with E-state index in [1.54, 1.807) is 35.3 Å². The molecule has 0 bridgehead atoms. The van der Waals surface area contributed by atoms with E-state index < -0.39 is 62.0 Å². The molecule has 0 unspecified atom stereocenters. The summed E-state index contributed by atoms with van der Waals surface area (Å²) in [4.78, 5) is 42.8. The van der Waals surface area contributed by atoms with Gasteiger partial charge in [0.1, 0.15) is 12.3 Å². The fraction of sp³-hybridized carbons (Fsp3) is 0.412. The Kier molecular flexibility index (Phi) is 7.03. The van der Waals surface area contributed by atoms with Gasteiger partial charge in [0, 0.05) is 6.42 Å². The molecule has 1 aromatic carbocycles. The molecule has 32 heavy (non-hydrogen) atoms. The molecule has 0 aliphatic carbocycles. The van der Waals surface area contributed by atoms with Crippen LogP contribution in [0.5, 0.6) is 0 Å². The van der Waals surface area contributed by atoms with Crippen molar-refractivity contribution < 1.29 is 45.9 Å². The number of nitrogens with one attached hydrogen (secondary N) is 1. The first kappa shape index (κ1) is 24.3. The summed E-state index contributed by atoms with van der Waals surface area (Å²) < 4.78 is 80.7. The highest BCUT2D eigenvalue weighted by Crippen LogP contribution is 2.46. The van der Waals surface area contributed by atoms with E-state index in [1.165, 1.54) is 0 Å². The molecule has 2 aromatic rings. The number of aromatic amines is 1. The first-order valence-electron chi connectivity index (χ1n) is 8.98. The number of rotatable bonds is 7. The van der Waals surface area contributed by atoms with E-state index in [9.17, 15) is 31.7 Å². The van der Waals surface area contributed by atoms with Gasteiger partial charge >= 0.3 is 19.7 Å². The van der Waals surface area contributed by atoms with Crippen molar-refractivity contribution in [2.75, 3.05) is 0 Å². The number of phosphoric ester groups is 1. The molecular weight excluding hydrogens is 467 g/mol. The van der Waals surface area contributed by atoms with Gasteiger partial charge in [-0.1, -0.05) is 30.3 Å². The number of ether oxygens (including phenoxy) is 2. The Labute approximate surface area is 176 Å². The molecule has 2 heterocycles. The van der Waals surface area contributed by atoms with Crippen LogP contribution in [-0.2, 0) is 25.2 Å². The molecular formula is C17H17F4N2O8P. The molecule has 0 spiro atoms. The van der Waals surface area contributed by atoms with E-state index in [2.05, 4.69) is 4.52 Å². The number of hydrogen-bond acceptors (Lipinski definition) is 6. The van der Waals surface area contributed by atoms with Gasteiger partial charge in [-0.25, -0.2) is 9.36 Å². The minimum absolute atomic E-state index is 0.201. The Hall–Kier alpha value is -2.35. The smallest absolute Gasteiger partial charge is 0.371 e. The van der Waals surface area contributed by atoms with Gasteiger partial charge < -0.3 is 19.3 Å². The van der Waals surface area contributed by atoms with Crippen molar-refractivity contribution in [1.29, 1.82) is 0 Å². The van der Waals surface area contributed by atoms with E-state index in [0.29, 0.717) is 16.3 Å². The Morgan fingerprint density at radius 1 is 1.25 bits per heavy atom. The summed E-state index contributed by atoms with van der Waals surface area (Å²) >= 11 is 0. The van der Waals surface area contributed by atoms with Gasteiger partial charge in [-0.15, -0.1) is 0 Å². The van der Waals surface area contributed by atoms with E-state index in [1.807, 2.05) is 0 Å². The molecule has 1 fully saturated rings. The Balaban J connectivity index is 1.94. The lowest BCUT2D eigenvalue weighted by Crippen LogP contribution is -2.46. The molecule has 15 heteroatoms. The van der Waals surface area contributed by atoms with Crippen LogP contribution in [0.3, 0.4) is 0 Å². The molecule has 1 aromatic heterocycles. The van der Waals surface area contributed by atoms with Crippen LogP contribution in [0, 0.1) is 5.82 Å². The second-order valence-electron chi connectivity index (χ2n) is 6.83. The van der Waals surface area contributed by atoms with Crippen LogP contribution in [0.25, 0.3) is 0 Å². The summed E-state index contributed by atoms with van der Waals surface area (Å²) in [6, 6.07) is 8.26. The summed E-state index contributed by atoms with van der Waals surface area (Å²) in [6.07, 6.45) is -13.6. The lowest BCUT2D eigenvalue weighted by molar-refractivity contribution is -0.242. The molecule has 0 amide bonds. The van der Waals surface area contributed by atoms with Crippen molar-refractivity contribution in [2.24, 2.45) is 0 Å². The highest BCUT2D eigenvalue weighted by molar-refractivity contribution is 7.46. The van der Waals surface area contributed by atoms with E-state index in [-0.39, 0.29) is 6.61 Å². The minimum atomic E-state index is -5.62. The molecule has 0 radical (unpaired) electrons. The average Bonchev–Trinajstić information content (AvgIpc) is 3.10. The first-order chi connectivity index (χ1) is 14.8. The predicted molar refractivity (Wildman–Crippen MR) is 97.8 cm³/mol. The highest BCUT2D eigenvalue weighted by atomic mass is 31.2. The van der Waals surface area contributed by atoms with Crippen molar-refractivity contribution >= 4 is 7.82 Å². The third kappa shape index (κ3) is 5.91. The number of aromatic nitrogens is 2. The predicted octanol–water partition coefficient (Wildman–Crippen LogP) is 1.59. The van der Waals surface area contributed by atoms with E-state index in [4.69, 9.17) is 19.3 Å². The van der Waals surface area contributed by atoms with Crippen LogP contribution in [0.1, 0.15) is 18.2 Å². The van der Waals surface area contributed by atoms with Crippen LogP contribution in [-0.4, -0.2) is 43.8 Å². The fourth-order valence-corrected chi connectivity index (χ4v) is 3.71. The largest absolute Gasteiger partial charge is 0.470 e. The zero-order valence-corrected chi connectivity index (χ0v) is 16.8. The quantitative estimate of drug-likeness (QED) is 0.398. The summed E-state index contributed by atoms with van der Waals surface area (Å²) in [5.74, 6) is -1.39. The standard InChI is InChI=1S/C17H17F4N2O8P/c18-10-7-23(16(25)22-15(10)24)12-6-11(29-8-9-4-2-1-3-5-9)13(30-12)14(17(19,20)21)31-32(26,27)28/h1-5,7,11-14H,6,8H2,(H,22,24,25)(H2,26,27,28)/t11-,12+,13-,14-/m0/s1. The van der Waals surface area contributed by atoms with Gasteiger partial charge in [-0.05, 0) is 5.56 Å². The highest BCUT2D eigenvalue weighted by Gasteiger charge is 2.56. The Bertz CT molecular complexity index is 1100. The Morgan fingerprint density at radius 3 is 2.50 bits per heavy atom. The number of benzene rings is 1. The zero-order chi connectivity index (χ0) is 23.7. The van der Waals surface area contributed by atoms with Gasteiger partial charge in [0.25, 0.3) is 5.56 Å². The Morgan fingerprint density at radius 2 is 1.91 bits per heavy atom. The molecule has 4 atom stereocenters. The molecule has 176 valence electrons. The monoisotopic (exact) mass is 484 g/mol. The van der Waals surface area contributed by atoms with Crippen molar-refractivity contribution in [3.05, 3.63) is 68.7 Å². The van der Waals surface area contributed by atoms with Gasteiger partial charge in [-0.2, -0.15) is 17.6 Å². The zero-order valence-electron chi connectivity index (χ0n) is 15.9. The molecule has 1 aliphatic heterocycles. The maximum absolute atomic E-state index is 13.6. The number of halogens is 4. The van der Waals surface area contributed by atoms with Crippen molar-refractivity contribution in [3.8, 4) is 0 Å². The van der Waals surface area contributed by atoms with Crippen molar-refractivity contribution in [1.82, 2.24) is 9.55 Å². The summed E-state index contributed by atoms with van der Waals surface area (Å²) in [5.41, 5.74) is -1.93. The second-order valence-corrected chi connectivity index (χ2v) is 8.02. The second kappa shape index (κ2) is 9.25. The summed E-state index contributed by atoms with van der Waals surface area (Å²) in [7, 11) is -5.62. The summed E-state index contributed by atoms with van der Waals surface area (Å²) in [5, 5.41) is 0. The SMILES string of the molecule is O=c1[nH]c(=O)n([C@H]2C[C@H](OCc3ccccc3)[C@@H]([C@H](OP(=O)(O)O)C(F)(F)F)O2)cc1F. The van der Waals surface area contributed by atoms with Gasteiger partial charge in [0.05, 0.1) is 18.9 Å². The molecule has 3 N–H and O–H groups in total. The number of alkyl halides is 3. The van der Waals surface area contributed by atoms with E-state index in [0.717, 1.165) is 0 Å². The maximum Gasteiger partial charge on any atom is 0.470 e. The lowest BCUT2D eigenvalue weighted by Gasteiger charge is -2.29. The number of H-pyrrole nitrogens is 1. The van der Waals surface area contributed by atoms with Gasteiger partial charge in [0.2, 0.25) is 5.82 Å². The first-order valence-corrected chi connectivity index (χ1v) is 10.5. The topological polar surface area (TPSA) is 140 Å². The normalized spacial score (nSPS) is 22.8. The number of phosphoric acid groups is 1. The molecule has 10 nitrogen and oxygen atoms in total. The summed E-state index contributed by atoms with van der Waals surface area (Å²) in [6.45, 7) is -0.201. The van der Waals surface area contributed by atoms with Crippen LogP contribution in [0.15, 0.2) is 46.1 Å². The van der Waals surface area contributed by atoms with Gasteiger partial charge in [-0.3, -0.25) is 18.9 Å². The fourth-order valence-electron chi connectivity index (χ4n) is 3.17. The molecule has 1 aliphatic rings. The van der Waals surface area contributed by atoms with Crippen LogP contribution in [0.4, 0.5) is 17.6 Å². The molecule has 0 saturated carbocycles. The number of hydrogen-bond donors (Lipinski definition) is 3. The molecule has 1 saturated heterocycles. The van der Waals surface area contributed by atoms with Crippen LogP contribution < -0.4 is 11.2 Å². The third-order valence-electron chi connectivity index (χ3n) is 4.53. The maximum atomic E-state index is 13.6. The third-order valence-corrected chi connectivity index (χ3v) is 5.03. The van der Waals surface area contributed by atoms with Crippen molar-refractivity contribution in [3.63, 3.8) is 0 Å². The van der Waals surface area contributed by atoms with Gasteiger partial charge in [0.15, 0.2) is 6.10 Å². The number of nitrogens with zero attached hydrogens (tertiary/aromatic N) is 1.